The SMILES string of the molecule is CC(=O)Oc1c(C)cccc1C(=O)Nc1csc(C(F)(F)F)n1. The van der Waals surface area contributed by atoms with Gasteiger partial charge in [-0.1, -0.05) is 12.1 Å². The van der Waals surface area contributed by atoms with Gasteiger partial charge in [0, 0.05) is 12.3 Å². The minimum Gasteiger partial charge on any atom is -0.426 e. The van der Waals surface area contributed by atoms with Crippen LogP contribution in [-0.4, -0.2) is 16.9 Å². The lowest BCUT2D eigenvalue weighted by Crippen LogP contribution is -2.16. The molecule has 0 aliphatic carbocycles. The maximum absolute atomic E-state index is 12.5. The number of ether oxygens (including phenoxy) is 1. The Balaban J connectivity index is 2.26. The summed E-state index contributed by atoms with van der Waals surface area (Å²) >= 11 is 0.375. The summed E-state index contributed by atoms with van der Waals surface area (Å²) < 4.78 is 42.5. The minimum absolute atomic E-state index is 0.0294. The van der Waals surface area contributed by atoms with Crippen molar-refractivity contribution in [2.45, 2.75) is 20.0 Å². The molecule has 0 aliphatic heterocycles. The summed E-state index contributed by atoms with van der Waals surface area (Å²) in [6.07, 6.45) is -4.57. The monoisotopic (exact) mass is 344 g/mol. The number of aromatic nitrogens is 1. The minimum atomic E-state index is -4.57. The van der Waals surface area contributed by atoms with Crippen molar-refractivity contribution in [3.05, 3.63) is 39.7 Å². The number of hydrogen-bond acceptors (Lipinski definition) is 5. The van der Waals surface area contributed by atoms with Crippen molar-refractivity contribution in [3.8, 4) is 5.75 Å². The Morgan fingerprint density at radius 2 is 2.00 bits per heavy atom. The molecular weight excluding hydrogens is 333 g/mol. The standard InChI is InChI=1S/C14H11F3N2O3S/c1-7-4-3-5-9(11(7)22-8(2)20)12(21)18-10-6-23-13(19-10)14(15,16)17/h3-6H,1-2H3,(H,18,21). The predicted molar refractivity (Wildman–Crippen MR) is 77.6 cm³/mol. The van der Waals surface area contributed by atoms with E-state index >= 15 is 0 Å². The molecule has 1 aromatic heterocycles. The van der Waals surface area contributed by atoms with Crippen LogP contribution in [0.1, 0.15) is 27.9 Å². The van der Waals surface area contributed by atoms with E-state index in [2.05, 4.69) is 10.3 Å². The molecule has 0 spiro atoms. The van der Waals surface area contributed by atoms with Crippen LogP contribution in [-0.2, 0) is 11.0 Å². The second kappa shape index (κ2) is 6.37. The first-order valence-corrected chi connectivity index (χ1v) is 7.18. The molecule has 1 aromatic carbocycles. The molecule has 0 saturated carbocycles. The van der Waals surface area contributed by atoms with Crippen molar-refractivity contribution in [1.82, 2.24) is 4.98 Å². The third kappa shape index (κ3) is 4.07. The van der Waals surface area contributed by atoms with E-state index in [9.17, 15) is 22.8 Å². The van der Waals surface area contributed by atoms with Crippen molar-refractivity contribution in [1.29, 1.82) is 0 Å². The highest BCUT2D eigenvalue weighted by atomic mass is 32.1. The van der Waals surface area contributed by atoms with Crippen LogP contribution in [0.25, 0.3) is 0 Å². The largest absolute Gasteiger partial charge is 0.443 e. The van der Waals surface area contributed by atoms with Gasteiger partial charge in [0.1, 0.15) is 11.6 Å². The molecule has 9 heteroatoms. The maximum Gasteiger partial charge on any atom is 0.443 e. The highest BCUT2D eigenvalue weighted by Gasteiger charge is 2.34. The van der Waals surface area contributed by atoms with E-state index in [1.165, 1.54) is 13.0 Å². The molecule has 0 aliphatic rings. The summed E-state index contributed by atoms with van der Waals surface area (Å²) in [5.41, 5.74) is 0.573. The van der Waals surface area contributed by atoms with Crippen molar-refractivity contribution >= 4 is 29.0 Å². The first kappa shape index (κ1) is 16.9. The summed E-state index contributed by atoms with van der Waals surface area (Å²) in [5.74, 6) is -1.49. The van der Waals surface area contributed by atoms with Gasteiger partial charge in [0.2, 0.25) is 0 Å². The van der Waals surface area contributed by atoms with Gasteiger partial charge in [0.25, 0.3) is 5.91 Å². The molecule has 0 radical (unpaired) electrons. The first-order valence-electron chi connectivity index (χ1n) is 6.30. The molecule has 1 N–H and O–H groups in total. The second-order valence-electron chi connectivity index (χ2n) is 4.54. The summed E-state index contributed by atoms with van der Waals surface area (Å²) in [7, 11) is 0. The van der Waals surface area contributed by atoms with Gasteiger partial charge in [-0.15, -0.1) is 11.3 Å². The number of para-hydroxylation sites is 1. The number of nitrogens with zero attached hydrogens (tertiary/aromatic N) is 1. The van der Waals surface area contributed by atoms with Crippen molar-refractivity contribution in [2.24, 2.45) is 0 Å². The number of amides is 1. The third-order valence-corrected chi connectivity index (χ3v) is 3.58. The van der Waals surface area contributed by atoms with E-state index in [1.807, 2.05) is 0 Å². The number of rotatable bonds is 3. The number of hydrogen-bond donors (Lipinski definition) is 1. The van der Waals surface area contributed by atoms with Gasteiger partial charge >= 0.3 is 12.1 Å². The van der Waals surface area contributed by atoms with Crippen LogP contribution >= 0.6 is 11.3 Å². The molecule has 2 rings (SSSR count). The number of carbonyl (C=O) groups excluding carboxylic acids is 2. The molecular formula is C14H11F3N2O3S. The molecule has 23 heavy (non-hydrogen) atoms. The highest BCUT2D eigenvalue weighted by Crippen LogP contribution is 2.33. The van der Waals surface area contributed by atoms with Gasteiger partial charge in [-0.3, -0.25) is 9.59 Å². The Hall–Kier alpha value is -2.42. The van der Waals surface area contributed by atoms with Crippen LogP contribution in [0.5, 0.6) is 5.75 Å². The number of halogens is 3. The Bertz CT molecular complexity index is 756. The fourth-order valence-electron chi connectivity index (χ4n) is 1.76. The molecule has 0 bridgehead atoms. The van der Waals surface area contributed by atoms with E-state index in [-0.39, 0.29) is 17.1 Å². The van der Waals surface area contributed by atoms with Gasteiger partial charge in [-0.2, -0.15) is 13.2 Å². The lowest BCUT2D eigenvalue weighted by atomic mass is 10.1. The molecule has 2 aromatic rings. The van der Waals surface area contributed by atoms with Gasteiger partial charge < -0.3 is 10.1 Å². The second-order valence-corrected chi connectivity index (χ2v) is 5.39. The zero-order valence-electron chi connectivity index (χ0n) is 12.0. The smallest absolute Gasteiger partial charge is 0.426 e. The lowest BCUT2D eigenvalue weighted by molar-refractivity contribution is -0.137. The van der Waals surface area contributed by atoms with Crippen LogP contribution in [0.3, 0.4) is 0 Å². The summed E-state index contributed by atoms with van der Waals surface area (Å²) in [6, 6.07) is 4.61. The number of alkyl halides is 3. The normalized spacial score (nSPS) is 11.2. The van der Waals surface area contributed by atoms with Crippen molar-refractivity contribution < 1.29 is 27.5 Å². The van der Waals surface area contributed by atoms with Gasteiger partial charge in [-0.25, -0.2) is 4.98 Å². The number of carbonyl (C=O) groups is 2. The van der Waals surface area contributed by atoms with E-state index in [0.29, 0.717) is 16.9 Å². The number of benzene rings is 1. The summed E-state index contributed by atoms with van der Waals surface area (Å²) in [6.45, 7) is 2.82. The summed E-state index contributed by atoms with van der Waals surface area (Å²) in [5, 5.41) is 2.29. The Morgan fingerprint density at radius 3 is 2.57 bits per heavy atom. The molecule has 0 fully saturated rings. The molecule has 1 heterocycles. The Morgan fingerprint density at radius 1 is 1.30 bits per heavy atom. The van der Waals surface area contributed by atoms with E-state index in [0.717, 1.165) is 5.38 Å². The fourth-order valence-corrected chi connectivity index (χ4v) is 2.38. The quantitative estimate of drug-likeness (QED) is 0.682. The lowest BCUT2D eigenvalue weighted by Gasteiger charge is -2.11. The average molecular weight is 344 g/mol. The van der Waals surface area contributed by atoms with Gasteiger partial charge in [0.05, 0.1) is 5.56 Å². The Kier molecular flexibility index (Phi) is 4.69. The molecule has 1 amide bonds. The molecule has 0 unspecified atom stereocenters. The van der Waals surface area contributed by atoms with Crippen LogP contribution in [0.15, 0.2) is 23.6 Å². The number of aryl methyl sites for hydroxylation is 1. The first-order chi connectivity index (χ1) is 10.7. The van der Waals surface area contributed by atoms with Crippen molar-refractivity contribution in [2.75, 3.05) is 5.32 Å². The van der Waals surface area contributed by atoms with E-state index in [4.69, 9.17) is 4.74 Å². The zero-order valence-corrected chi connectivity index (χ0v) is 12.8. The maximum atomic E-state index is 12.5. The number of esters is 1. The summed E-state index contributed by atoms with van der Waals surface area (Å²) in [4.78, 5) is 26.6. The highest BCUT2D eigenvalue weighted by molar-refractivity contribution is 7.10. The average Bonchev–Trinajstić information content (AvgIpc) is 2.89. The topological polar surface area (TPSA) is 68.3 Å². The molecule has 0 atom stereocenters. The van der Waals surface area contributed by atoms with Crippen LogP contribution in [0.4, 0.5) is 19.0 Å². The number of thiazole rings is 1. The van der Waals surface area contributed by atoms with Crippen LogP contribution < -0.4 is 10.1 Å². The number of anilines is 1. The predicted octanol–water partition coefficient (Wildman–Crippen LogP) is 3.65. The third-order valence-electron chi connectivity index (χ3n) is 2.69. The molecule has 0 saturated heterocycles. The van der Waals surface area contributed by atoms with Crippen LogP contribution in [0.2, 0.25) is 0 Å². The number of nitrogens with one attached hydrogen (secondary N) is 1. The van der Waals surface area contributed by atoms with E-state index in [1.54, 1.807) is 19.1 Å². The molecule has 122 valence electrons. The van der Waals surface area contributed by atoms with Crippen LogP contribution in [0, 0.1) is 6.92 Å². The Labute approximate surface area is 133 Å². The van der Waals surface area contributed by atoms with Crippen molar-refractivity contribution in [3.63, 3.8) is 0 Å². The fraction of sp³-hybridized carbons (Fsp3) is 0.214. The van der Waals surface area contributed by atoms with Gasteiger partial charge in [-0.05, 0) is 18.6 Å². The zero-order chi connectivity index (χ0) is 17.2. The molecule has 5 nitrogen and oxygen atoms in total. The van der Waals surface area contributed by atoms with E-state index < -0.39 is 23.1 Å². The van der Waals surface area contributed by atoms with Gasteiger partial charge in [0.15, 0.2) is 5.01 Å².